The van der Waals surface area contributed by atoms with Gasteiger partial charge in [-0.2, -0.15) is 0 Å². The zero-order chi connectivity index (χ0) is 14.6. The number of phenols is 1. The average molecular weight is 264 g/mol. The fourth-order valence-corrected chi connectivity index (χ4v) is 1.44. The summed E-state index contributed by atoms with van der Waals surface area (Å²) >= 11 is 0. The second kappa shape index (κ2) is 5.87. The van der Waals surface area contributed by atoms with Crippen LogP contribution in [-0.4, -0.2) is 16.9 Å². The minimum atomic E-state index is -0.650. The Labute approximate surface area is 113 Å². The zero-order valence-electron chi connectivity index (χ0n) is 11.8. The summed E-state index contributed by atoms with van der Waals surface area (Å²) in [5.41, 5.74) is -0.400. The third-order valence-corrected chi connectivity index (χ3v) is 2.56. The van der Waals surface area contributed by atoms with Gasteiger partial charge in [-0.25, -0.2) is 0 Å². The van der Waals surface area contributed by atoms with E-state index in [2.05, 4.69) is 0 Å². The number of benzene rings is 1. The van der Waals surface area contributed by atoms with Gasteiger partial charge in [0.15, 0.2) is 5.78 Å². The van der Waals surface area contributed by atoms with E-state index in [4.69, 9.17) is 4.74 Å². The van der Waals surface area contributed by atoms with Crippen LogP contribution in [0.1, 0.15) is 50.9 Å². The molecular formula is C15H20O4. The van der Waals surface area contributed by atoms with Crippen LogP contribution in [0.4, 0.5) is 0 Å². The lowest BCUT2D eigenvalue weighted by molar-refractivity contribution is -0.143. The van der Waals surface area contributed by atoms with Crippen LogP contribution in [0.2, 0.25) is 0 Å². The first-order valence-corrected chi connectivity index (χ1v) is 6.34. The van der Waals surface area contributed by atoms with Gasteiger partial charge in [0.2, 0.25) is 0 Å². The molecule has 0 heterocycles. The van der Waals surface area contributed by atoms with Crippen molar-refractivity contribution in [3.63, 3.8) is 0 Å². The number of Topliss-reactive ketones (excluding diaryl/α,β-unsaturated/α-hetero) is 1. The minimum Gasteiger partial charge on any atom is -0.508 e. The van der Waals surface area contributed by atoms with Crippen LogP contribution in [0, 0.1) is 5.41 Å². The van der Waals surface area contributed by atoms with Crippen molar-refractivity contribution in [1.82, 2.24) is 0 Å². The van der Waals surface area contributed by atoms with Gasteiger partial charge in [0.05, 0.1) is 11.0 Å². The lowest BCUT2D eigenvalue weighted by Crippen LogP contribution is -2.26. The quantitative estimate of drug-likeness (QED) is 0.514. The fraction of sp³-hybridized carbons (Fsp3) is 0.467. The van der Waals surface area contributed by atoms with Crippen LogP contribution in [0.5, 0.6) is 11.5 Å². The minimum absolute atomic E-state index is 0.0185. The molecule has 0 saturated carbocycles. The molecule has 0 fully saturated rings. The molecule has 0 radical (unpaired) electrons. The van der Waals surface area contributed by atoms with Gasteiger partial charge in [0.1, 0.15) is 11.5 Å². The molecule has 1 aromatic rings. The third-order valence-electron chi connectivity index (χ3n) is 2.56. The number of esters is 1. The number of ketones is 1. The smallest absolute Gasteiger partial charge is 0.316 e. The van der Waals surface area contributed by atoms with Crippen molar-refractivity contribution in [2.24, 2.45) is 5.41 Å². The maximum atomic E-state index is 11.9. The standard InChI is InChI=1S/C15H20O4/c1-5-6-12(17)11-9-10(16)7-8-13(11)19-14(18)15(2,3)4/h7-9,16H,5-6H2,1-4H3. The Kier molecular flexibility index (Phi) is 4.70. The number of phenolic OH excluding ortho intramolecular Hbond substituents is 1. The molecule has 1 aromatic carbocycles. The van der Waals surface area contributed by atoms with Gasteiger partial charge in [-0.3, -0.25) is 9.59 Å². The first kappa shape index (κ1) is 15.2. The molecule has 0 unspecified atom stereocenters. The van der Waals surface area contributed by atoms with E-state index in [1.54, 1.807) is 20.8 Å². The molecule has 0 spiro atoms. The molecule has 4 heteroatoms. The van der Waals surface area contributed by atoms with Crippen LogP contribution >= 0.6 is 0 Å². The lowest BCUT2D eigenvalue weighted by Gasteiger charge is -2.17. The molecule has 104 valence electrons. The van der Waals surface area contributed by atoms with Gasteiger partial charge in [-0.15, -0.1) is 0 Å². The Morgan fingerprint density at radius 1 is 1.26 bits per heavy atom. The summed E-state index contributed by atoms with van der Waals surface area (Å²) in [7, 11) is 0. The highest BCUT2D eigenvalue weighted by molar-refractivity contribution is 5.99. The van der Waals surface area contributed by atoms with Gasteiger partial charge in [-0.1, -0.05) is 6.92 Å². The second-order valence-corrected chi connectivity index (χ2v) is 5.49. The molecule has 0 saturated heterocycles. The zero-order valence-corrected chi connectivity index (χ0v) is 11.8. The number of hydrogen-bond acceptors (Lipinski definition) is 4. The molecule has 0 amide bonds. The summed E-state index contributed by atoms with van der Waals surface area (Å²) in [6.45, 7) is 7.11. The van der Waals surface area contributed by atoms with Crippen LogP contribution in [0.3, 0.4) is 0 Å². The van der Waals surface area contributed by atoms with E-state index in [1.807, 2.05) is 6.92 Å². The molecule has 4 nitrogen and oxygen atoms in total. The molecule has 0 aliphatic heterocycles. The molecule has 19 heavy (non-hydrogen) atoms. The second-order valence-electron chi connectivity index (χ2n) is 5.49. The largest absolute Gasteiger partial charge is 0.508 e. The number of rotatable bonds is 4. The summed E-state index contributed by atoms with van der Waals surface area (Å²) < 4.78 is 5.26. The Bertz CT molecular complexity index is 483. The normalized spacial score (nSPS) is 11.2. The van der Waals surface area contributed by atoms with Crippen molar-refractivity contribution in [2.45, 2.75) is 40.5 Å². The summed E-state index contributed by atoms with van der Waals surface area (Å²) in [5, 5.41) is 9.46. The van der Waals surface area contributed by atoms with Crippen molar-refractivity contribution >= 4 is 11.8 Å². The highest BCUT2D eigenvalue weighted by Crippen LogP contribution is 2.27. The maximum absolute atomic E-state index is 11.9. The maximum Gasteiger partial charge on any atom is 0.316 e. The lowest BCUT2D eigenvalue weighted by atomic mass is 9.97. The molecule has 0 aliphatic rings. The van der Waals surface area contributed by atoms with Crippen molar-refractivity contribution < 1.29 is 19.4 Å². The van der Waals surface area contributed by atoms with E-state index < -0.39 is 11.4 Å². The number of aromatic hydroxyl groups is 1. The van der Waals surface area contributed by atoms with E-state index in [1.165, 1.54) is 18.2 Å². The third kappa shape index (κ3) is 4.09. The van der Waals surface area contributed by atoms with Crippen LogP contribution in [-0.2, 0) is 4.79 Å². The van der Waals surface area contributed by atoms with E-state index >= 15 is 0 Å². The first-order chi connectivity index (χ1) is 8.75. The summed E-state index contributed by atoms with van der Waals surface area (Å²) in [5.74, 6) is -0.370. The Hall–Kier alpha value is -1.84. The monoisotopic (exact) mass is 264 g/mol. The van der Waals surface area contributed by atoms with Gasteiger partial charge >= 0.3 is 5.97 Å². The molecule has 0 aliphatic carbocycles. The predicted octanol–water partition coefficient (Wildman–Crippen LogP) is 3.33. The predicted molar refractivity (Wildman–Crippen MR) is 72.4 cm³/mol. The Morgan fingerprint density at radius 2 is 1.89 bits per heavy atom. The molecule has 1 N–H and O–H groups in total. The molecule has 1 rings (SSSR count). The Balaban J connectivity index is 3.07. The van der Waals surface area contributed by atoms with Crippen LogP contribution < -0.4 is 4.74 Å². The van der Waals surface area contributed by atoms with Crippen molar-refractivity contribution in [3.8, 4) is 11.5 Å². The fourth-order valence-electron chi connectivity index (χ4n) is 1.44. The van der Waals surface area contributed by atoms with E-state index in [0.717, 1.165) is 0 Å². The summed E-state index contributed by atoms with van der Waals surface area (Å²) in [4.78, 5) is 23.8. The van der Waals surface area contributed by atoms with Gasteiger partial charge in [-0.05, 0) is 45.4 Å². The van der Waals surface area contributed by atoms with Crippen LogP contribution in [0.25, 0.3) is 0 Å². The topological polar surface area (TPSA) is 63.6 Å². The van der Waals surface area contributed by atoms with Gasteiger partial charge in [0, 0.05) is 6.42 Å². The van der Waals surface area contributed by atoms with Crippen molar-refractivity contribution in [1.29, 1.82) is 0 Å². The molecule has 0 atom stereocenters. The SMILES string of the molecule is CCCC(=O)c1cc(O)ccc1OC(=O)C(C)(C)C. The van der Waals surface area contributed by atoms with Gasteiger partial charge < -0.3 is 9.84 Å². The van der Waals surface area contributed by atoms with E-state index in [0.29, 0.717) is 12.8 Å². The van der Waals surface area contributed by atoms with E-state index in [-0.39, 0.29) is 22.8 Å². The van der Waals surface area contributed by atoms with Crippen LogP contribution in [0.15, 0.2) is 18.2 Å². The molecule has 0 aromatic heterocycles. The highest BCUT2D eigenvalue weighted by atomic mass is 16.5. The van der Waals surface area contributed by atoms with E-state index in [9.17, 15) is 14.7 Å². The number of hydrogen-bond donors (Lipinski definition) is 1. The Morgan fingerprint density at radius 3 is 2.42 bits per heavy atom. The van der Waals surface area contributed by atoms with Gasteiger partial charge in [0.25, 0.3) is 0 Å². The summed E-state index contributed by atoms with van der Waals surface area (Å²) in [6, 6.07) is 4.18. The summed E-state index contributed by atoms with van der Waals surface area (Å²) in [6.07, 6.45) is 1.05. The molecular weight excluding hydrogens is 244 g/mol. The average Bonchev–Trinajstić information content (AvgIpc) is 2.30. The number of carbonyl (C=O) groups excluding carboxylic acids is 2. The molecule has 0 bridgehead atoms. The van der Waals surface area contributed by atoms with Crippen molar-refractivity contribution in [3.05, 3.63) is 23.8 Å². The first-order valence-electron chi connectivity index (χ1n) is 6.34. The number of carbonyl (C=O) groups is 2. The van der Waals surface area contributed by atoms with Crippen molar-refractivity contribution in [2.75, 3.05) is 0 Å². The number of ether oxygens (including phenoxy) is 1. The highest BCUT2D eigenvalue weighted by Gasteiger charge is 2.25.